The van der Waals surface area contributed by atoms with Crippen molar-refractivity contribution >= 4 is 23.3 Å². The number of amides is 1. The minimum absolute atomic E-state index is 0.0902. The quantitative estimate of drug-likeness (QED) is 0.443. The van der Waals surface area contributed by atoms with Gasteiger partial charge in [0.2, 0.25) is 5.91 Å². The largest absolute Gasteiger partial charge is 0.481 e. The minimum Gasteiger partial charge on any atom is -0.481 e. The average Bonchev–Trinajstić information content (AvgIpc) is 2.76. The summed E-state index contributed by atoms with van der Waals surface area (Å²) in [6, 6.07) is 17.2. The standard InChI is InChI=1S/C26H23F2NO4/c1-26(2,25(32)33)15-23(30)19-6-4-17(5-7-19)18-8-10-20(11-9-18)29-24(31)14-16-3-12-21(27)22(28)13-16/h3-13H,14-15H2,1-2H3,(H,29,31)(H,32,33). The molecule has 2 N–H and O–H groups in total. The Morgan fingerprint density at radius 1 is 0.848 bits per heavy atom. The lowest BCUT2D eigenvalue weighted by Crippen LogP contribution is -2.26. The van der Waals surface area contributed by atoms with Crippen LogP contribution in [0, 0.1) is 17.0 Å². The highest BCUT2D eigenvalue weighted by atomic mass is 19.2. The second kappa shape index (κ2) is 9.73. The van der Waals surface area contributed by atoms with Crippen molar-refractivity contribution in [2.45, 2.75) is 26.7 Å². The Hall–Kier alpha value is -3.87. The summed E-state index contributed by atoms with van der Waals surface area (Å²) >= 11 is 0. The number of anilines is 1. The number of carboxylic acid groups (broad SMARTS) is 1. The van der Waals surface area contributed by atoms with Crippen LogP contribution in [0.3, 0.4) is 0 Å². The van der Waals surface area contributed by atoms with Gasteiger partial charge in [-0.15, -0.1) is 0 Å². The fourth-order valence-corrected chi connectivity index (χ4v) is 3.21. The summed E-state index contributed by atoms with van der Waals surface area (Å²) in [6.07, 6.45) is -0.187. The van der Waals surface area contributed by atoms with Crippen molar-refractivity contribution in [2.24, 2.45) is 5.41 Å². The zero-order valence-electron chi connectivity index (χ0n) is 18.2. The maximum absolute atomic E-state index is 13.3. The van der Waals surface area contributed by atoms with Crippen LogP contribution in [0.15, 0.2) is 66.7 Å². The van der Waals surface area contributed by atoms with E-state index in [1.807, 2.05) is 0 Å². The number of rotatable bonds is 8. The maximum atomic E-state index is 13.3. The van der Waals surface area contributed by atoms with Crippen molar-refractivity contribution in [3.05, 3.63) is 89.5 Å². The molecule has 0 fully saturated rings. The van der Waals surface area contributed by atoms with Crippen LogP contribution in [0.1, 0.15) is 36.2 Å². The minimum atomic E-state index is -1.14. The molecule has 0 spiro atoms. The van der Waals surface area contributed by atoms with E-state index in [2.05, 4.69) is 5.32 Å². The molecular weight excluding hydrogens is 428 g/mol. The van der Waals surface area contributed by atoms with Crippen molar-refractivity contribution in [3.63, 3.8) is 0 Å². The third-order valence-corrected chi connectivity index (χ3v) is 5.24. The van der Waals surface area contributed by atoms with Crippen LogP contribution in [-0.4, -0.2) is 22.8 Å². The van der Waals surface area contributed by atoms with Crippen molar-refractivity contribution in [1.29, 1.82) is 0 Å². The molecule has 3 aromatic rings. The first-order valence-electron chi connectivity index (χ1n) is 10.3. The molecule has 0 saturated carbocycles. The van der Waals surface area contributed by atoms with Crippen LogP contribution in [0.5, 0.6) is 0 Å². The van der Waals surface area contributed by atoms with Crippen LogP contribution in [0.2, 0.25) is 0 Å². The number of carbonyl (C=O) groups is 3. The van der Waals surface area contributed by atoms with Crippen molar-refractivity contribution in [1.82, 2.24) is 0 Å². The number of Topliss-reactive ketones (excluding diaryl/α,β-unsaturated/α-hetero) is 1. The fourth-order valence-electron chi connectivity index (χ4n) is 3.21. The van der Waals surface area contributed by atoms with Gasteiger partial charge in [0, 0.05) is 17.7 Å². The van der Waals surface area contributed by atoms with Gasteiger partial charge < -0.3 is 10.4 Å². The van der Waals surface area contributed by atoms with Gasteiger partial charge in [-0.2, -0.15) is 0 Å². The summed E-state index contributed by atoms with van der Waals surface area (Å²) < 4.78 is 26.3. The number of ketones is 1. The molecule has 0 aliphatic rings. The molecule has 33 heavy (non-hydrogen) atoms. The molecule has 1 amide bonds. The molecule has 170 valence electrons. The second-order valence-corrected chi connectivity index (χ2v) is 8.42. The first kappa shape index (κ1) is 23.8. The molecule has 0 aliphatic heterocycles. The Morgan fingerprint density at radius 2 is 1.42 bits per heavy atom. The van der Waals surface area contributed by atoms with Gasteiger partial charge in [-0.05, 0) is 54.8 Å². The lowest BCUT2D eigenvalue weighted by molar-refractivity contribution is -0.146. The molecule has 5 nitrogen and oxygen atoms in total. The molecule has 0 aromatic heterocycles. The number of benzene rings is 3. The van der Waals surface area contributed by atoms with Crippen LogP contribution in [0.4, 0.5) is 14.5 Å². The van der Waals surface area contributed by atoms with E-state index in [-0.39, 0.29) is 24.5 Å². The molecule has 0 aliphatic carbocycles. The topological polar surface area (TPSA) is 83.5 Å². The zero-order valence-corrected chi connectivity index (χ0v) is 18.2. The number of carboxylic acids is 1. The lowest BCUT2D eigenvalue weighted by atomic mass is 9.85. The summed E-state index contributed by atoms with van der Waals surface area (Å²) in [5.74, 6) is -3.59. The molecule has 7 heteroatoms. The van der Waals surface area contributed by atoms with Gasteiger partial charge in [0.1, 0.15) is 0 Å². The van der Waals surface area contributed by atoms with Crippen LogP contribution < -0.4 is 5.32 Å². The van der Waals surface area contributed by atoms with Gasteiger partial charge in [0.15, 0.2) is 17.4 Å². The third kappa shape index (κ3) is 6.10. The number of aliphatic carboxylic acids is 1. The summed E-state index contributed by atoms with van der Waals surface area (Å²) in [7, 11) is 0. The van der Waals surface area contributed by atoms with Gasteiger partial charge in [-0.25, -0.2) is 8.78 Å². The predicted molar refractivity (Wildman–Crippen MR) is 121 cm³/mol. The first-order chi connectivity index (χ1) is 15.5. The SMILES string of the molecule is CC(C)(CC(=O)c1ccc(-c2ccc(NC(=O)Cc3ccc(F)c(F)c3)cc2)cc1)C(=O)O. The highest BCUT2D eigenvalue weighted by molar-refractivity contribution is 5.99. The van der Waals surface area contributed by atoms with Gasteiger partial charge in [-0.3, -0.25) is 14.4 Å². The second-order valence-electron chi connectivity index (χ2n) is 8.42. The molecule has 3 aromatic carbocycles. The zero-order chi connectivity index (χ0) is 24.2. The first-order valence-corrected chi connectivity index (χ1v) is 10.3. The summed E-state index contributed by atoms with van der Waals surface area (Å²) in [5, 5.41) is 11.9. The highest BCUT2D eigenvalue weighted by Gasteiger charge is 2.30. The smallest absolute Gasteiger partial charge is 0.309 e. The summed E-state index contributed by atoms with van der Waals surface area (Å²) in [6.45, 7) is 3.03. The number of halogens is 2. The lowest BCUT2D eigenvalue weighted by Gasteiger charge is -2.17. The van der Waals surface area contributed by atoms with E-state index >= 15 is 0 Å². The van der Waals surface area contributed by atoms with Gasteiger partial charge in [0.25, 0.3) is 0 Å². The molecule has 0 radical (unpaired) electrons. The monoisotopic (exact) mass is 451 g/mol. The van der Waals surface area contributed by atoms with E-state index in [0.717, 1.165) is 23.3 Å². The fraction of sp³-hybridized carbons (Fsp3) is 0.192. The van der Waals surface area contributed by atoms with E-state index in [0.29, 0.717) is 16.8 Å². The number of nitrogens with one attached hydrogen (secondary N) is 1. The Kier molecular flexibility index (Phi) is 7.01. The molecular formula is C26H23F2NO4. The molecule has 0 heterocycles. The maximum Gasteiger partial charge on any atom is 0.309 e. The van der Waals surface area contributed by atoms with Crippen molar-refractivity contribution in [3.8, 4) is 11.1 Å². The Morgan fingerprint density at radius 3 is 1.97 bits per heavy atom. The molecule has 0 saturated heterocycles. The third-order valence-electron chi connectivity index (χ3n) is 5.24. The Balaban J connectivity index is 1.62. The average molecular weight is 451 g/mol. The van der Waals surface area contributed by atoms with E-state index in [1.165, 1.54) is 19.9 Å². The Labute approximate surface area is 190 Å². The van der Waals surface area contributed by atoms with E-state index in [1.54, 1.807) is 48.5 Å². The molecule has 0 atom stereocenters. The van der Waals surface area contributed by atoms with Gasteiger partial charge in [-0.1, -0.05) is 42.5 Å². The molecule has 3 rings (SSSR count). The summed E-state index contributed by atoms with van der Waals surface area (Å²) in [4.78, 5) is 35.8. The van der Waals surface area contributed by atoms with Crippen molar-refractivity contribution in [2.75, 3.05) is 5.32 Å². The number of hydrogen-bond acceptors (Lipinski definition) is 3. The Bertz CT molecular complexity index is 1190. The summed E-state index contributed by atoms with van der Waals surface area (Å²) in [5.41, 5.74) is 1.93. The highest BCUT2D eigenvalue weighted by Crippen LogP contribution is 2.26. The number of carbonyl (C=O) groups excluding carboxylic acids is 2. The van der Waals surface area contributed by atoms with Gasteiger partial charge >= 0.3 is 5.97 Å². The molecule has 0 unspecified atom stereocenters. The van der Waals surface area contributed by atoms with Gasteiger partial charge in [0.05, 0.1) is 11.8 Å². The van der Waals surface area contributed by atoms with E-state index in [4.69, 9.17) is 0 Å². The number of hydrogen-bond donors (Lipinski definition) is 2. The molecule has 0 bridgehead atoms. The predicted octanol–water partition coefficient (Wildman–Crippen LogP) is 5.50. The normalized spacial score (nSPS) is 11.2. The van der Waals surface area contributed by atoms with E-state index < -0.39 is 23.0 Å². The van der Waals surface area contributed by atoms with E-state index in [9.17, 15) is 28.3 Å². The van der Waals surface area contributed by atoms with Crippen LogP contribution in [-0.2, 0) is 16.0 Å². The van der Waals surface area contributed by atoms with Crippen molar-refractivity contribution < 1.29 is 28.3 Å². The van der Waals surface area contributed by atoms with Crippen LogP contribution >= 0.6 is 0 Å². The van der Waals surface area contributed by atoms with Crippen LogP contribution in [0.25, 0.3) is 11.1 Å².